The number of urea groups is 1. The molecule has 0 radical (unpaired) electrons. The summed E-state index contributed by atoms with van der Waals surface area (Å²) in [5.74, 6) is 0. The molecule has 0 aliphatic carbocycles. The second-order valence-electron chi connectivity index (χ2n) is 7.28. The Hall–Kier alpha value is -2.79. The molecule has 0 unspecified atom stereocenters. The van der Waals surface area contributed by atoms with Crippen LogP contribution in [0.25, 0.3) is 16.6 Å². The van der Waals surface area contributed by atoms with Gasteiger partial charge in [0.25, 0.3) is 0 Å². The first-order chi connectivity index (χ1) is 13.5. The molecule has 28 heavy (non-hydrogen) atoms. The quantitative estimate of drug-likeness (QED) is 0.629. The van der Waals surface area contributed by atoms with Crippen molar-refractivity contribution in [1.29, 1.82) is 0 Å². The SMILES string of the molecule is CC(C)n1cc(C2=CCN(C(=O)Nc3cccc(Cl)c3)CC2)c2cccnc21. The number of rotatable bonds is 3. The average molecular weight is 395 g/mol. The smallest absolute Gasteiger partial charge is 0.322 e. The van der Waals surface area contributed by atoms with E-state index in [4.69, 9.17) is 11.6 Å². The standard InChI is InChI=1S/C22H23ClN4O/c1-15(2)27-14-20(19-7-4-10-24-21(19)27)16-8-11-26(12-9-16)22(28)25-18-6-3-5-17(23)13-18/h3-8,10,13-15H,9,11-12H2,1-2H3,(H,25,28). The number of nitrogens with one attached hydrogen (secondary N) is 1. The lowest BCUT2D eigenvalue weighted by molar-refractivity contribution is 0.217. The molecule has 2 aromatic heterocycles. The number of anilines is 1. The normalized spacial score (nSPS) is 14.4. The van der Waals surface area contributed by atoms with E-state index in [2.05, 4.69) is 47.1 Å². The van der Waals surface area contributed by atoms with Crippen molar-refractivity contribution >= 4 is 39.9 Å². The highest BCUT2D eigenvalue weighted by Gasteiger charge is 2.21. The van der Waals surface area contributed by atoms with Gasteiger partial charge in [0.05, 0.1) is 0 Å². The number of hydrogen-bond acceptors (Lipinski definition) is 2. The molecular weight excluding hydrogens is 372 g/mol. The Balaban J connectivity index is 1.53. The Morgan fingerprint density at radius 2 is 2.11 bits per heavy atom. The van der Waals surface area contributed by atoms with Crippen molar-refractivity contribution in [3.63, 3.8) is 0 Å². The third kappa shape index (κ3) is 3.62. The maximum Gasteiger partial charge on any atom is 0.322 e. The molecule has 1 N–H and O–H groups in total. The second kappa shape index (κ2) is 7.68. The first kappa shape index (κ1) is 18.6. The van der Waals surface area contributed by atoms with Crippen LogP contribution in [0.5, 0.6) is 0 Å². The number of carbonyl (C=O) groups excluding carboxylic acids is 1. The van der Waals surface area contributed by atoms with Crippen LogP contribution in [0, 0.1) is 0 Å². The van der Waals surface area contributed by atoms with Crippen molar-refractivity contribution in [1.82, 2.24) is 14.5 Å². The lowest BCUT2D eigenvalue weighted by Gasteiger charge is -2.26. The number of pyridine rings is 1. The van der Waals surface area contributed by atoms with Crippen LogP contribution >= 0.6 is 11.6 Å². The van der Waals surface area contributed by atoms with Crippen molar-refractivity contribution < 1.29 is 4.79 Å². The first-order valence-electron chi connectivity index (χ1n) is 9.49. The summed E-state index contributed by atoms with van der Waals surface area (Å²) in [7, 11) is 0. The Morgan fingerprint density at radius 3 is 2.82 bits per heavy atom. The number of halogens is 1. The molecule has 0 saturated carbocycles. The first-order valence-corrected chi connectivity index (χ1v) is 9.87. The van der Waals surface area contributed by atoms with Crippen LogP contribution in [0.4, 0.5) is 10.5 Å². The maximum atomic E-state index is 12.6. The Labute approximate surface area is 169 Å². The fourth-order valence-corrected chi connectivity index (χ4v) is 3.79. The minimum Gasteiger partial charge on any atom is -0.329 e. The van der Waals surface area contributed by atoms with Gasteiger partial charge in [-0.25, -0.2) is 9.78 Å². The van der Waals surface area contributed by atoms with Gasteiger partial charge in [0.1, 0.15) is 5.65 Å². The second-order valence-corrected chi connectivity index (χ2v) is 7.72. The molecule has 4 rings (SSSR count). The van der Waals surface area contributed by atoms with Crippen molar-refractivity contribution in [2.75, 3.05) is 18.4 Å². The van der Waals surface area contributed by atoms with Crippen LogP contribution in [-0.2, 0) is 0 Å². The highest BCUT2D eigenvalue weighted by atomic mass is 35.5. The fraction of sp³-hybridized carbons (Fsp3) is 0.273. The van der Waals surface area contributed by atoms with E-state index in [0.717, 1.165) is 12.1 Å². The third-order valence-corrected chi connectivity index (χ3v) is 5.30. The molecule has 0 fully saturated rings. The van der Waals surface area contributed by atoms with Gasteiger partial charge in [-0.05, 0) is 56.2 Å². The molecule has 0 bridgehead atoms. The maximum absolute atomic E-state index is 12.6. The van der Waals surface area contributed by atoms with Crippen molar-refractivity contribution in [2.24, 2.45) is 0 Å². The topological polar surface area (TPSA) is 50.2 Å². The molecule has 5 nitrogen and oxygen atoms in total. The summed E-state index contributed by atoms with van der Waals surface area (Å²) in [5, 5.41) is 4.69. The van der Waals surface area contributed by atoms with E-state index in [1.165, 1.54) is 16.5 Å². The molecule has 2 amide bonds. The largest absolute Gasteiger partial charge is 0.329 e. The summed E-state index contributed by atoms with van der Waals surface area (Å²) in [6, 6.07) is 11.5. The number of carbonyl (C=O) groups is 1. The van der Waals surface area contributed by atoms with Crippen LogP contribution in [-0.4, -0.2) is 33.6 Å². The number of aromatic nitrogens is 2. The Kier molecular flexibility index (Phi) is 5.09. The van der Waals surface area contributed by atoms with Gasteiger partial charge in [-0.3, -0.25) is 0 Å². The number of fused-ring (bicyclic) bond motifs is 1. The summed E-state index contributed by atoms with van der Waals surface area (Å²) in [5.41, 5.74) is 4.20. The van der Waals surface area contributed by atoms with Crippen LogP contribution in [0.2, 0.25) is 5.02 Å². The predicted molar refractivity (Wildman–Crippen MR) is 115 cm³/mol. The van der Waals surface area contributed by atoms with Gasteiger partial charge in [-0.1, -0.05) is 23.7 Å². The number of hydrogen-bond donors (Lipinski definition) is 1. The highest BCUT2D eigenvalue weighted by Crippen LogP contribution is 2.31. The average Bonchev–Trinajstić information content (AvgIpc) is 3.08. The van der Waals surface area contributed by atoms with Gasteiger partial charge in [0, 0.05) is 53.2 Å². The summed E-state index contributed by atoms with van der Waals surface area (Å²) in [6.07, 6.45) is 6.99. The van der Waals surface area contributed by atoms with E-state index < -0.39 is 0 Å². The lowest BCUT2D eigenvalue weighted by Crippen LogP contribution is -2.37. The summed E-state index contributed by atoms with van der Waals surface area (Å²) < 4.78 is 2.21. The molecule has 1 aromatic carbocycles. The van der Waals surface area contributed by atoms with Crippen molar-refractivity contribution in [2.45, 2.75) is 26.3 Å². The van der Waals surface area contributed by atoms with E-state index in [0.29, 0.717) is 29.8 Å². The molecule has 3 heterocycles. The minimum atomic E-state index is -0.108. The molecule has 1 aliphatic heterocycles. The van der Waals surface area contributed by atoms with Gasteiger partial charge in [0.2, 0.25) is 0 Å². The lowest BCUT2D eigenvalue weighted by atomic mass is 10.00. The zero-order valence-electron chi connectivity index (χ0n) is 16.0. The van der Waals surface area contributed by atoms with E-state index in [1.54, 1.807) is 12.1 Å². The van der Waals surface area contributed by atoms with Gasteiger partial charge in [-0.2, -0.15) is 0 Å². The number of amides is 2. The van der Waals surface area contributed by atoms with Crippen LogP contribution in [0.3, 0.4) is 0 Å². The number of nitrogens with zero attached hydrogens (tertiary/aromatic N) is 3. The summed E-state index contributed by atoms with van der Waals surface area (Å²) in [4.78, 5) is 18.9. The molecule has 144 valence electrons. The van der Waals surface area contributed by atoms with Crippen molar-refractivity contribution in [3.8, 4) is 0 Å². The van der Waals surface area contributed by atoms with Crippen LogP contribution < -0.4 is 5.32 Å². The molecule has 0 spiro atoms. The van der Waals surface area contributed by atoms with Crippen LogP contribution in [0.1, 0.15) is 31.9 Å². The molecule has 3 aromatic rings. The van der Waals surface area contributed by atoms with Crippen LogP contribution in [0.15, 0.2) is 54.9 Å². The summed E-state index contributed by atoms with van der Waals surface area (Å²) >= 11 is 5.99. The predicted octanol–water partition coefficient (Wildman–Crippen LogP) is 5.59. The number of benzene rings is 1. The van der Waals surface area contributed by atoms with Crippen molar-refractivity contribution in [3.05, 3.63) is 65.5 Å². The molecule has 0 atom stereocenters. The zero-order chi connectivity index (χ0) is 19.7. The minimum absolute atomic E-state index is 0.108. The Morgan fingerprint density at radius 1 is 1.25 bits per heavy atom. The van der Waals surface area contributed by atoms with E-state index in [9.17, 15) is 4.79 Å². The van der Waals surface area contributed by atoms with Gasteiger partial charge >= 0.3 is 6.03 Å². The van der Waals surface area contributed by atoms with Gasteiger partial charge in [0.15, 0.2) is 0 Å². The zero-order valence-corrected chi connectivity index (χ0v) is 16.8. The highest BCUT2D eigenvalue weighted by molar-refractivity contribution is 6.30. The molecule has 0 saturated heterocycles. The third-order valence-electron chi connectivity index (χ3n) is 5.06. The Bertz CT molecular complexity index is 1050. The molecular formula is C22H23ClN4O. The van der Waals surface area contributed by atoms with Gasteiger partial charge < -0.3 is 14.8 Å². The van der Waals surface area contributed by atoms with E-state index >= 15 is 0 Å². The summed E-state index contributed by atoms with van der Waals surface area (Å²) in [6.45, 7) is 5.58. The molecule has 6 heteroatoms. The van der Waals surface area contributed by atoms with E-state index in [-0.39, 0.29) is 6.03 Å². The molecule has 1 aliphatic rings. The van der Waals surface area contributed by atoms with E-state index in [1.807, 2.05) is 29.3 Å². The monoisotopic (exact) mass is 394 g/mol. The fourth-order valence-electron chi connectivity index (χ4n) is 3.60. The van der Waals surface area contributed by atoms with Gasteiger partial charge in [-0.15, -0.1) is 0 Å².